The van der Waals surface area contributed by atoms with Crippen LogP contribution in [0, 0.1) is 0 Å². The molecule has 0 unspecified atom stereocenters. The Balaban J connectivity index is 0.00000441. The van der Waals surface area contributed by atoms with Crippen molar-refractivity contribution in [2.45, 2.75) is 6.92 Å². The Morgan fingerprint density at radius 2 is 1.45 bits per heavy atom. The van der Waals surface area contributed by atoms with Crippen LogP contribution in [0.2, 0.25) is 0 Å². The van der Waals surface area contributed by atoms with Crippen molar-refractivity contribution >= 4 is 47.0 Å². The molecular formula is C12H15CuN7S2. The van der Waals surface area contributed by atoms with Gasteiger partial charge in [0.2, 0.25) is 0 Å². The van der Waals surface area contributed by atoms with Gasteiger partial charge >= 0.3 is 17.1 Å². The molecule has 0 bridgehead atoms. The fourth-order valence-corrected chi connectivity index (χ4v) is 1.29. The van der Waals surface area contributed by atoms with Crippen LogP contribution in [0.1, 0.15) is 12.5 Å². The summed E-state index contributed by atoms with van der Waals surface area (Å²) in [5.41, 5.74) is 1.90. The Morgan fingerprint density at radius 3 is 1.95 bits per heavy atom. The van der Waals surface area contributed by atoms with Gasteiger partial charge in [-0.2, -0.15) is 15.3 Å². The monoisotopic (exact) mass is 384 g/mol. The first-order valence-corrected chi connectivity index (χ1v) is 6.78. The molecule has 1 rings (SSSR count). The first-order chi connectivity index (χ1) is 10.1. The average molecular weight is 385 g/mol. The molecule has 22 heavy (non-hydrogen) atoms. The van der Waals surface area contributed by atoms with Crippen LogP contribution < -0.4 is 10.6 Å². The molecule has 1 aromatic heterocycles. The van der Waals surface area contributed by atoms with Crippen molar-refractivity contribution in [2.24, 2.45) is 20.4 Å². The van der Waals surface area contributed by atoms with Gasteiger partial charge in [0.1, 0.15) is 5.71 Å². The second-order valence-corrected chi connectivity index (χ2v) is 4.45. The van der Waals surface area contributed by atoms with Crippen molar-refractivity contribution in [3.05, 3.63) is 30.1 Å². The number of rotatable bonds is 4. The fraction of sp³-hybridized carbons (Fsp3) is 0.250. The first-order valence-electron chi connectivity index (χ1n) is 5.96. The normalized spacial score (nSPS) is 13.4. The van der Waals surface area contributed by atoms with E-state index in [-0.39, 0.29) is 27.4 Å². The van der Waals surface area contributed by atoms with E-state index >= 15 is 0 Å². The summed E-state index contributed by atoms with van der Waals surface area (Å²) < 4.78 is 0. The average Bonchev–Trinajstić information content (AvgIpc) is 2.53. The Bertz CT molecular complexity index is 584. The van der Waals surface area contributed by atoms with E-state index in [4.69, 9.17) is 25.3 Å². The number of amidine groups is 2. The molecule has 0 amide bonds. The van der Waals surface area contributed by atoms with Crippen molar-refractivity contribution in [1.82, 2.24) is 15.6 Å². The smallest absolute Gasteiger partial charge is 0.741 e. The minimum Gasteiger partial charge on any atom is -0.741 e. The number of hydrogen-bond donors (Lipinski definition) is 2. The Morgan fingerprint density at radius 1 is 0.955 bits per heavy atom. The zero-order valence-corrected chi connectivity index (χ0v) is 14.7. The summed E-state index contributed by atoms with van der Waals surface area (Å²) in [5.74, 6) is 0. The van der Waals surface area contributed by atoms with Crippen molar-refractivity contribution in [1.29, 1.82) is 0 Å². The standard InChI is InChI=1S/C12H17N7S2.Cu/c1-8(16-18-11(20)13-2)10(17-19-12(21)14-3)9-4-6-15-7-5-9;/h4-7H,1-3H3,(H2,13,18,20)(H2,14,19,21);/q;+2/p-2/b16-8+,17-10-;. The molecule has 1 heterocycles. The van der Waals surface area contributed by atoms with Crippen molar-refractivity contribution < 1.29 is 17.1 Å². The van der Waals surface area contributed by atoms with Gasteiger partial charge in [0.25, 0.3) is 0 Å². The molecule has 0 atom stereocenters. The van der Waals surface area contributed by atoms with Crippen molar-refractivity contribution in [3.8, 4) is 0 Å². The Labute approximate surface area is 151 Å². The summed E-state index contributed by atoms with van der Waals surface area (Å²) in [5, 5.41) is 21.9. The van der Waals surface area contributed by atoms with Gasteiger partial charge < -0.3 is 35.9 Å². The number of hydrogen-bond acceptors (Lipinski definition) is 7. The molecule has 1 radical (unpaired) electrons. The van der Waals surface area contributed by atoms with Gasteiger partial charge in [-0.3, -0.25) is 4.98 Å². The van der Waals surface area contributed by atoms with E-state index in [0.717, 1.165) is 5.56 Å². The van der Waals surface area contributed by atoms with Gasteiger partial charge in [-0.15, -0.1) is 5.10 Å². The maximum absolute atomic E-state index is 4.94. The molecule has 10 heteroatoms. The van der Waals surface area contributed by atoms with Gasteiger partial charge in [0.05, 0.1) is 5.71 Å². The minimum atomic E-state index is 0. The van der Waals surface area contributed by atoms with Crippen LogP contribution in [0.3, 0.4) is 0 Å². The predicted molar refractivity (Wildman–Crippen MR) is 91.6 cm³/mol. The van der Waals surface area contributed by atoms with Crippen LogP contribution >= 0.6 is 0 Å². The summed E-state index contributed by atoms with van der Waals surface area (Å²) in [6.07, 6.45) is 3.31. The van der Waals surface area contributed by atoms with Crippen LogP contribution in [0.4, 0.5) is 0 Å². The molecule has 0 spiro atoms. The molecule has 0 aliphatic rings. The third-order valence-corrected chi connectivity index (χ3v) is 2.83. The minimum absolute atomic E-state index is 0. The maximum atomic E-state index is 4.94. The largest absolute Gasteiger partial charge is 2.00 e. The van der Waals surface area contributed by atoms with Crippen LogP contribution in [0.15, 0.2) is 44.9 Å². The molecule has 0 aliphatic heterocycles. The number of nitrogens with zero attached hydrogens (tertiary/aromatic N) is 5. The van der Waals surface area contributed by atoms with Crippen LogP contribution in [-0.4, -0.2) is 40.8 Å². The number of nitrogens with one attached hydrogen (secondary N) is 2. The van der Waals surface area contributed by atoms with Crippen LogP contribution in [0.5, 0.6) is 0 Å². The van der Waals surface area contributed by atoms with E-state index in [9.17, 15) is 0 Å². The molecule has 0 fully saturated rings. The molecule has 1 aromatic rings. The van der Waals surface area contributed by atoms with Gasteiger partial charge in [0, 0.05) is 32.1 Å². The molecule has 0 aromatic carbocycles. The van der Waals surface area contributed by atoms with E-state index in [1.165, 1.54) is 0 Å². The summed E-state index contributed by atoms with van der Waals surface area (Å²) >= 11 is 9.86. The third-order valence-electron chi connectivity index (χ3n) is 2.26. The third kappa shape index (κ3) is 6.90. The van der Waals surface area contributed by atoms with E-state index < -0.39 is 0 Å². The van der Waals surface area contributed by atoms with E-state index in [2.05, 4.69) is 36.0 Å². The Kier molecular flexibility index (Phi) is 10.2. The maximum Gasteiger partial charge on any atom is 2.00 e. The summed E-state index contributed by atoms with van der Waals surface area (Å²) in [6.45, 7) is 1.76. The Hall–Kier alpha value is -1.61. The molecule has 121 valence electrons. The van der Waals surface area contributed by atoms with Crippen LogP contribution in [-0.2, 0) is 42.3 Å². The second kappa shape index (κ2) is 11.0. The van der Waals surface area contributed by atoms with Gasteiger partial charge in [0.15, 0.2) is 0 Å². The van der Waals surface area contributed by atoms with Gasteiger partial charge in [-0.1, -0.05) is 0 Å². The molecule has 0 saturated carbocycles. The zero-order valence-electron chi connectivity index (χ0n) is 12.2. The van der Waals surface area contributed by atoms with E-state index in [1.807, 2.05) is 0 Å². The zero-order chi connectivity index (χ0) is 15.7. The fourth-order valence-electron chi connectivity index (χ4n) is 1.21. The summed E-state index contributed by atoms with van der Waals surface area (Å²) in [7, 11) is 3.35. The quantitative estimate of drug-likeness (QED) is 0.258. The summed E-state index contributed by atoms with van der Waals surface area (Å²) in [6, 6.07) is 3.60. The van der Waals surface area contributed by atoms with Crippen LogP contribution in [0.25, 0.3) is 0 Å². The van der Waals surface area contributed by atoms with E-state index in [0.29, 0.717) is 11.4 Å². The van der Waals surface area contributed by atoms with Crippen molar-refractivity contribution in [3.63, 3.8) is 0 Å². The molecule has 0 aliphatic carbocycles. The topological polar surface area (TPSA) is 86.4 Å². The SMILES string of the molecule is CN/C([S-])=N/N=C(C)/C(=N/N=C(\[S-])NC)c1ccncc1.[Cu+2]. The molecule has 2 N–H and O–H groups in total. The van der Waals surface area contributed by atoms with Gasteiger partial charge in [-0.25, -0.2) is 0 Å². The molecule has 0 saturated heterocycles. The van der Waals surface area contributed by atoms with Gasteiger partial charge in [-0.05, 0) is 29.4 Å². The predicted octanol–water partition coefficient (Wildman–Crippen LogP) is 0.404. The second-order valence-electron chi connectivity index (χ2n) is 3.68. The van der Waals surface area contributed by atoms with Crippen molar-refractivity contribution in [2.75, 3.05) is 14.1 Å². The molecular weight excluding hydrogens is 370 g/mol. The van der Waals surface area contributed by atoms with E-state index in [1.54, 1.807) is 45.5 Å². The molecule has 7 nitrogen and oxygen atoms in total. The number of pyridine rings is 1. The number of aromatic nitrogens is 1. The first kappa shape index (κ1) is 20.4. The summed E-state index contributed by atoms with van der Waals surface area (Å²) in [4.78, 5) is 3.97.